The van der Waals surface area contributed by atoms with E-state index in [-0.39, 0.29) is 18.7 Å². The first kappa shape index (κ1) is 12.0. The molecule has 0 bridgehead atoms. The first-order chi connectivity index (χ1) is 7.27. The number of carbonyl (C=O) groups excluding carboxylic acids is 1. The summed E-state index contributed by atoms with van der Waals surface area (Å²) in [5, 5.41) is 8.60. The molecule has 1 atom stereocenters. The van der Waals surface area contributed by atoms with Gasteiger partial charge in [0, 0.05) is 6.61 Å². The fourth-order valence-corrected chi connectivity index (χ4v) is 1.31. The minimum absolute atomic E-state index is 0.101. The smallest absolute Gasteiger partial charge is 0.356 e. The molecule has 1 unspecified atom stereocenters. The van der Waals surface area contributed by atoms with Gasteiger partial charge in [-0.2, -0.15) is 0 Å². The van der Waals surface area contributed by atoms with Gasteiger partial charge in [0.15, 0.2) is 0 Å². The lowest BCUT2D eigenvalue weighted by molar-refractivity contribution is -0.140. The van der Waals surface area contributed by atoms with E-state index in [0.717, 1.165) is 19.3 Å². The normalized spacial score (nSPS) is 19.6. The second-order valence-corrected chi connectivity index (χ2v) is 3.28. The van der Waals surface area contributed by atoms with Crippen LogP contribution in [0.5, 0.6) is 0 Å². The van der Waals surface area contributed by atoms with Gasteiger partial charge >= 0.3 is 5.97 Å². The Balaban J connectivity index is 2.30. The molecule has 1 aliphatic heterocycles. The van der Waals surface area contributed by atoms with Crippen molar-refractivity contribution in [3.05, 3.63) is 11.8 Å². The van der Waals surface area contributed by atoms with Crippen molar-refractivity contribution in [3.63, 3.8) is 0 Å². The molecule has 0 amide bonds. The van der Waals surface area contributed by atoms with Crippen molar-refractivity contribution >= 4 is 5.97 Å². The summed E-state index contributed by atoms with van der Waals surface area (Å²) in [4.78, 5) is 16.4. The molecule has 1 rings (SSSR count). The van der Waals surface area contributed by atoms with Gasteiger partial charge in [0.1, 0.15) is 11.8 Å². The maximum absolute atomic E-state index is 11.2. The number of aliphatic hydroxyl groups excluding tert-OH is 1. The third-order valence-electron chi connectivity index (χ3n) is 2.06. The van der Waals surface area contributed by atoms with E-state index in [4.69, 9.17) is 14.7 Å². The summed E-state index contributed by atoms with van der Waals surface area (Å²) in [6.07, 6.45) is 4.03. The van der Waals surface area contributed by atoms with Crippen LogP contribution in [0.1, 0.15) is 26.2 Å². The zero-order chi connectivity index (χ0) is 11.1. The Labute approximate surface area is 89.0 Å². The number of rotatable bonds is 6. The number of carbonyl (C=O) groups is 1. The Morgan fingerprint density at radius 3 is 3.13 bits per heavy atom. The molecule has 0 saturated carbocycles. The fraction of sp³-hybridized carbons (Fsp3) is 0.700. The highest BCUT2D eigenvalue weighted by molar-refractivity contribution is 5.87. The molecule has 0 aromatic rings. The van der Waals surface area contributed by atoms with E-state index in [2.05, 4.69) is 5.48 Å². The van der Waals surface area contributed by atoms with Crippen LogP contribution in [0.2, 0.25) is 0 Å². The van der Waals surface area contributed by atoms with E-state index in [1.54, 1.807) is 13.0 Å². The molecule has 1 heterocycles. The number of unbranched alkanes of at least 4 members (excludes halogenated alkanes) is 1. The van der Waals surface area contributed by atoms with E-state index in [1.807, 2.05) is 0 Å². The van der Waals surface area contributed by atoms with Gasteiger partial charge in [0.05, 0.1) is 6.61 Å². The predicted octanol–water partition coefficient (Wildman–Crippen LogP) is 0.499. The summed E-state index contributed by atoms with van der Waals surface area (Å²) in [6, 6.07) is 0. The average Bonchev–Trinajstić information content (AvgIpc) is 2.67. The number of ether oxygens (including phenoxy) is 1. The number of hydrogen-bond acceptors (Lipinski definition) is 5. The highest BCUT2D eigenvalue weighted by atomic mass is 16.7. The molecule has 1 aliphatic rings. The SMILES string of the molecule is CCOC(=O)C1=CC(CCCCO)ON1. The Hall–Kier alpha value is -1.07. The van der Waals surface area contributed by atoms with Crippen molar-refractivity contribution < 1.29 is 19.5 Å². The van der Waals surface area contributed by atoms with Crippen LogP contribution >= 0.6 is 0 Å². The number of aliphatic hydroxyl groups is 1. The van der Waals surface area contributed by atoms with Crippen LogP contribution < -0.4 is 5.48 Å². The molecule has 15 heavy (non-hydrogen) atoms. The summed E-state index contributed by atoms with van der Waals surface area (Å²) in [5.41, 5.74) is 2.91. The summed E-state index contributed by atoms with van der Waals surface area (Å²) in [5.74, 6) is -0.387. The third kappa shape index (κ3) is 3.89. The molecule has 86 valence electrons. The third-order valence-corrected chi connectivity index (χ3v) is 2.06. The van der Waals surface area contributed by atoms with Crippen molar-refractivity contribution in [3.8, 4) is 0 Å². The van der Waals surface area contributed by atoms with Gasteiger partial charge in [0.25, 0.3) is 0 Å². The van der Waals surface area contributed by atoms with Crippen LogP contribution in [0.15, 0.2) is 11.8 Å². The number of hydrogen-bond donors (Lipinski definition) is 2. The van der Waals surface area contributed by atoms with Gasteiger partial charge in [-0.15, -0.1) is 0 Å². The molecule has 0 radical (unpaired) electrons. The molecule has 0 aromatic carbocycles. The molecule has 5 nitrogen and oxygen atoms in total. The molecular weight excluding hydrogens is 198 g/mol. The number of esters is 1. The average molecular weight is 215 g/mol. The van der Waals surface area contributed by atoms with Gasteiger partial charge in [-0.1, -0.05) is 0 Å². The minimum atomic E-state index is -0.387. The zero-order valence-electron chi connectivity index (χ0n) is 8.86. The van der Waals surface area contributed by atoms with Crippen molar-refractivity contribution in [1.29, 1.82) is 0 Å². The molecule has 0 saturated heterocycles. The first-order valence-corrected chi connectivity index (χ1v) is 5.19. The molecule has 0 spiro atoms. The van der Waals surface area contributed by atoms with E-state index >= 15 is 0 Å². The van der Waals surface area contributed by atoms with Gasteiger partial charge in [0.2, 0.25) is 0 Å². The quantitative estimate of drug-likeness (QED) is 0.499. The topological polar surface area (TPSA) is 67.8 Å². The van der Waals surface area contributed by atoms with Crippen molar-refractivity contribution in [2.24, 2.45) is 0 Å². The van der Waals surface area contributed by atoms with Crippen LogP contribution in [0.25, 0.3) is 0 Å². The summed E-state index contributed by atoms with van der Waals surface area (Å²) < 4.78 is 4.81. The summed E-state index contributed by atoms with van der Waals surface area (Å²) >= 11 is 0. The van der Waals surface area contributed by atoms with Gasteiger partial charge in [-0.3, -0.25) is 10.3 Å². The summed E-state index contributed by atoms with van der Waals surface area (Å²) in [6.45, 7) is 2.30. The first-order valence-electron chi connectivity index (χ1n) is 5.19. The number of hydroxylamine groups is 1. The lowest BCUT2D eigenvalue weighted by Crippen LogP contribution is -2.18. The van der Waals surface area contributed by atoms with Crippen molar-refractivity contribution in [1.82, 2.24) is 5.48 Å². The maximum Gasteiger partial charge on any atom is 0.356 e. The van der Waals surface area contributed by atoms with Crippen LogP contribution in [0.3, 0.4) is 0 Å². The monoisotopic (exact) mass is 215 g/mol. The molecule has 0 fully saturated rings. The van der Waals surface area contributed by atoms with Gasteiger partial charge in [-0.05, 0) is 32.3 Å². The molecule has 2 N–H and O–H groups in total. The van der Waals surface area contributed by atoms with E-state index < -0.39 is 0 Å². The fourth-order valence-electron chi connectivity index (χ4n) is 1.31. The Kier molecular flexibility index (Phi) is 5.14. The van der Waals surface area contributed by atoms with Gasteiger partial charge in [-0.25, -0.2) is 4.79 Å². The van der Waals surface area contributed by atoms with E-state index in [1.165, 1.54) is 0 Å². The predicted molar refractivity (Wildman–Crippen MR) is 53.7 cm³/mol. The zero-order valence-corrected chi connectivity index (χ0v) is 8.86. The van der Waals surface area contributed by atoms with Crippen molar-refractivity contribution in [2.45, 2.75) is 32.3 Å². The highest BCUT2D eigenvalue weighted by Crippen LogP contribution is 2.13. The van der Waals surface area contributed by atoms with E-state index in [0.29, 0.717) is 12.3 Å². The second kappa shape index (κ2) is 6.42. The molecular formula is C10H17NO4. The second-order valence-electron chi connectivity index (χ2n) is 3.28. The van der Waals surface area contributed by atoms with Crippen LogP contribution in [-0.2, 0) is 14.4 Å². The van der Waals surface area contributed by atoms with Crippen molar-refractivity contribution in [2.75, 3.05) is 13.2 Å². The van der Waals surface area contributed by atoms with Crippen LogP contribution in [-0.4, -0.2) is 30.4 Å². The van der Waals surface area contributed by atoms with E-state index in [9.17, 15) is 4.79 Å². The lowest BCUT2D eigenvalue weighted by Gasteiger charge is -2.05. The molecule has 0 aliphatic carbocycles. The standard InChI is InChI=1S/C10H17NO4/c1-2-14-10(13)9-7-8(15-11-9)5-3-4-6-12/h7-8,11-12H,2-6H2,1H3. The van der Waals surface area contributed by atoms with Crippen LogP contribution in [0.4, 0.5) is 0 Å². The van der Waals surface area contributed by atoms with Crippen LogP contribution in [0, 0.1) is 0 Å². The Morgan fingerprint density at radius 2 is 2.47 bits per heavy atom. The Morgan fingerprint density at radius 1 is 1.67 bits per heavy atom. The highest BCUT2D eigenvalue weighted by Gasteiger charge is 2.21. The van der Waals surface area contributed by atoms with Gasteiger partial charge < -0.3 is 9.84 Å². The Bertz CT molecular complexity index is 240. The molecule has 5 heteroatoms. The molecule has 0 aromatic heterocycles. The number of nitrogens with one attached hydrogen (secondary N) is 1. The minimum Gasteiger partial charge on any atom is -0.461 e. The lowest BCUT2D eigenvalue weighted by atomic mass is 10.1. The largest absolute Gasteiger partial charge is 0.461 e. The maximum atomic E-state index is 11.2. The summed E-state index contributed by atoms with van der Waals surface area (Å²) in [7, 11) is 0.